The quantitative estimate of drug-likeness (QED) is 0.798. The number of nitrogens with one attached hydrogen (secondary N) is 1. The summed E-state index contributed by atoms with van der Waals surface area (Å²) in [6.07, 6.45) is 4.75. The van der Waals surface area contributed by atoms with Crippen LogP contribution in [0.15, 0.2) is 18.5 Å². The summed E-state index contributed by atoms with van der Waals surface area (Å²) >= 11 is 0. The molecule has 0 bridgehead atoms. The molecule has 0 aromatic carbocycles. The number of likely N-dealkylation sites (tertiary alicyclic amines) is 1. The number of urea groups is 1. The number of carbonyl (C=O) groups excluding carboxylic acids is 1. The van der Waals surface area contributed by atoms with Crippen LogP contribution in [-0.2, 0) is 11.3 Å². The zero-order chi connectivity index (χ0) is 13.0. The molecule has 1 saturated heterocycles. The third-order valence-electron chi connectivity index (χ3n) is 2.98. The second-order valence-electron chi connectivity index (χ2n) is 4.19. The third-order valence-corrected chi connectivity index (χ3v) is 2.98. The first kappa shape index (κ1) is 12.4. The second-order valence-corrected chi connectivity index (χ2v) is 4.19. The lowest BCUT2D eigenvalue weighted by molar-refractivity contribution is -0.141. The van der Waals surface area contributed by atoms with Crippen LogP contribution < -0.4 is 5.32 Å². The summed E-state index contributed by atoms with van der Waals surface area (Å²) in [6, 6.07) is 0.810. The van der Waals surface area contributed by atoms with Crippen molar-refractivity contribution in [3.8, 4) is 0 Å². The first-order valence-corrected chi connectivity index (χ1v) is 5.93. The van der Waals surface area contributed by atoms with Crippen LogP contribution in [0, 0.1) is 0 Å². The van der Waals surface area contributed by atoms with E-state index in [1.807, 2.05) is 12.3 Å². The van der Waals surface area contributed by atoms with Crippen molar-refractivity contribution in [2.75, 3.05) is 13.1 Å². The molecule has 0 spiro atoms. The summed E-state index contributed by atoms with van der Waals surface area (Å²) in [6.45, 7) is 1.51. The molecule has 1 atom stereocenters. The molecule has 2 amide bonds. The van der Waals surface area contributed by atoms with E-state index in [4.69, 9.17) is 5.11 Å². The predicted molar refractivity (Wildman–Crippen MR) is 63.0 cm³/mol. The molecule has 7 nitrogen and oxygen atoms in total. The minimum absolute atomic E-state index is 0.313. The van der Waals surface area contributed by atoms with Gasteiger partial charge in [-0.25, -0.2) is 9.59 Å². The normalized spacial score (nSPS) is 18.9. The Morgan fingerprint density at radius 1 is 1.50 bits per heavy atom. The third kappa shape index (κ3) is 2.79. The number of nitrogens with zero attached hydrogens (tertiary/aromatic N) is 3. The highest BCUT2D eigenvalue weighted by Crippen LogP contribution is 2.17. The highest BCUT2D eigenvalue weighted by Gasteiger charge is 2.33. The van der Waals surface area contributed by atoms with Gasteiger partial charge in [0.05, 0.1) is 6.54 Å². The lowest BCUT2D eigenvalue weighted by Crippen LogP contribution is -2.46. The molecular formula is C11H16N4O3. The highest BCUT2D eigenvalue weighted by atomic mass is 16.4. The van der Waals surface area contributed by atoms with Gasteiger partial charge in [0.25, 0.3) is 0 Å². The van der Waals surface area contributed by atoms with E-state index in [2.05, 4.69) is 10.4 Å². The number of aliphatic carboxylic acids is 1. The Morgan fingerprint density at radius 3 is 3.00 bits per heavy atom. The van der Waals surface area contributed by atoms with Gasteiger partial charge in [-0.1, -0.05) is 0 Å². The van der Waals surface area contributed by atoms with Crippen LogP contribution >= 0.6 is 0 Å². The number of carboxylic acids is 1. The largest absolute Gasteiger partial charge is 0.480 e. The Hall–Kier alpha value is -2.05. The molecule has 1 aromatic rings. The Bertz CT molecular complexity index is 418. The van der Waals surface area contributed by atoms with Gasteiger partial charge in [0.15, 0.2) is 0 Å². The van der Waals surface area contributed by atoms with Crippen LogP contribution in [0.5, 0.6) is 0 Å². The topological polar surface area (TPSA) is 87.5 Å². The van der Waals surface area contributed by atoms with E-state index in [1.54, 1.807) is 10.9 Å². The molecule has 7 heteroatoms. The zero-order valence-electron chi connectivity index (χ0n) is 9.95. The molecule has 1 fully saturated rings. The lowest BCUT2D eigenvalue weighted by Gasteiger charge is -2.21. The maximum atomic E-state index is 11.8. The predicted octanol–water partition coefficient (Wildman–Crippen LogP) is 0.142. The summed E-state index contributed by atoms with van der Waals surface area (Å²) in [4.78, 5) is 24.1. The second kappa shape index (κ2) is 5.52. The van der Waals surface area contributed by atoms with E-state index in [1.165, 1.54) is 4.90 Å². The molecule has 0 saturated carbocycles. The van der Waals surface area contributed by atoms with Crippen molar-refractivity contribution in [3.63, 3.8) is 0 Å². The average molecular weight is 252 g/mol. The van der Waals surface area contributed by atoms with E-state index < -0.39 is 12.0 Å². The minimum Gasteiger partial charge on any atom is -0.480 e. The van der Waals surface area contributed by atoms with Crippen LogP contribution in [0.2, 0.25) is 0 Å². The first-order valence-electron chi connectivity index (χ1n) is 5.93. The maximum Gasteiger partial charge on any atom is 0.326 e. The van der Waals surface area contributed by atoms with Gasteiger partial charge < -0.3 is 15.3 Å². The molecule has 1 aliphatic heterocycles. The van der Waals surface area contributed by atoms with Crippen LogP contribution in [-0.4, -0.2) is 50.9 Å². The molecule has 98 valence electrons. The van der Waals surface area contributed by atoms with Crippen molar-refractivity contribution in [1.29, 1.82) is 0 Å². The Balaban J connectivity index is 1.79. The molecule has 1 aliphatic rings. The Kier molecular flexibility index (Phi) is 3.81. The van der Waals surface area contributed by atoms with E-state index in [-0.39, 0.29) is 6.03 Å². The van der Waals surface area contributed by atoms with Gasteiger partial charge in [-0.05, 0) is 18.9 Å². The molecule has 2 heterocycles. The molecule has 1 aromatic heterocycles. The Morgan fingerprint density at radius 2 is 2.33 bits per heavy atom. The molecule has 0 unspecified atom stereocenters. The van der Waals surface area contributed by atoms with E-state index in [9.17, 15) is 9.59 Å². The number of carboxylic acid groups (broad SMARTS) is 1. The SMILES string of the molecule is O=C(O)[C@H]1CCCN1C(=O)NCCn1cccn1. The van der Waals surface area contributed by atoms with Crippen molar-refractivity contribution in [3.05, 3.63) is 18.5 Å². The fourth-order valence-electron chi connectivity index (χ4n) is 2.08. The molecular weight excluding hydrogens is 236 g/mol. The Labute approximate surface area is 104 Å². The monoisotopic (exact) mass is 252 g/mol. The summed E-state index contributed by atoms with van der Waals surface area (Å²) < 4.78 is 1.71. The van der Waals surface area contributed by atoms with Crippen molar-refractivity contribution < 1.29 is 14.7 Å². The van der Waals surface area contributed by atoms with Crippen molar-refractivity contribution in [2.24, 2.45) is 0 Å². The van der Waals surface area contributed by atoms with Gasteiger partial charge in [0.2, 0.25) is 0 Å². The number of aromatic nitrogens is 2. The molecule has 0 radical (unpaired) electrons. The van der Waals surface area contributed by atoms with Gasteiger partial charge in [-0.2, -0.15) is 5.10 Å². The van der Waals surface area contributed by atoms with E-state index in [0.717, 1.165) is 6.42 Å². The van der Waals surface area contributed by atoms with Crippen molar-refractivity contribution in [1.82, 2.24) is 20.0 Å². The number of hydrogen-bond acceptors (Lipinski definition) is 3. The highest BCUT2D eigenvalue weighted by molar-refractivity contribution is 5.83. The molecule has 2 rings (SSSR count). The van der Waals surface area contributed by atoms with Crippen LogP contribution in [0.3, 0.4) is 0 Å². The summed E-state index contributed by atoms with van der Waals surface area (Å²) in [5.41, 5.74) is 0. The molecule has 18 heavy (non-hydrogen) atoms. The number of rotatable bonds is 4. The molecule has 2 N–H and O–H groups in total. The van der Waals surface area contributed by atoms with Gasteiger partial charge >= 0.3 is 12.0 Å². The zero-order valence-corrected chi connectivity index (χ0v) is 9.95. The van der Waals surface area contributed by atoms with Crippen LogP contribution in [0.25, 0.3) is 0 Å². The molecule has 0 aliphatic carbocycles. The van der Waals surface area contributed by atoms with Gasteiger partial charge in [0, 0.05) is 25.5 Å². The van der Waals surface area contributed by atoms with Gasteiger partial charge in [-0.15, -0.1) is 0 Å². The summed E-state index contributed by atoms with van der Waals surface area (Å²) in [7, 11) is 0. The van der Waals surface area contributed by atoms with Crippen LogP contribution in [0.1, 0.15) is 12.8 Å². The fourth-order valence-corrected chi connectivity index (χ4v) is 2.08. The summed E-state index contributed by atoms with van der Waals surface area (Å²) in [5.74, 6) is -0.935. The van der Waals surface area contributed by atoms with Crippen molar-refractivity contribution >= 4 is 12.0 Å². The maximum absolute atomic E-state index is 11.8. The van der Waals surface area contributed by atoms with Crippen molar-refractivity contribution in [2.45, 2.75) is 25.4 Å². The fraction of sp³-hybridized carbons (Fsp3) is 0.545. The summed E-state index contributed by atoms with van der Waals surface area (Å²) in [5, 5.41) is 15.7. The first-order chi connectivity index (χ1) is 8.68. The standard InChI is InChI=1S/C11H16N4O3/c16-10(17)9-3-1-7-15(9)11(18)12-5-8-14-6-2-4-13-14/h2,4,6,9H,1,3,5,7-8H2,(H,12,18)(H,16,17)/t9-/m1/s1. The van der Waals surface area contributed by atoms with E-state index in [0.29, 0.717) is 26.1 Å². The minimum atomic E-state index is -0.935. The van der Waals surface area contributed by atoms with E-state index >= 15 is 0 Å². The van der Waals surface area contributed by atoms with Gasteiger partial charge in [-0.3, -0.25) is 4.68 Å². The smallest absolute Gasteiger partial charge is 0.326 e. The lowest BCUT2D eigenvalue weighted by atomic mass is 10.2. The number of hydrogen-bond donors (Lipinski definition) is 2. The number of amides is 2. The average Bonchev–Trinajstić information content (AvgIpc) is 2.99. The van der Waals surface area contributed by atoms with Crippen LogP contribution in [0.4, 0.5) is 4.79 Å². The number of carbonyl (C=O) groups is 2. The van der Waals surface area contributed by atoms with Gasteiger partial charge in [0.1, 0.15) is 6.04 Å².